The Kier molecular flexibility index (Phi) is 3.31. The van der Waals surface area contributed by atoms with Crippen LogP contribution in [0.25, 0.3) is 0 Å². The molecular weight excluding hydrogens is 293 g/mol. The first-order valence-corrected chi connectivity index (χ1v) is 6.48. The Balaban J connectivity index is 1.90. The van der Waals surface area contributed by atoms with Crippen LogP contribution in [0.15, 0.2) is 0 Å². The number of ether oxygens (including phenoxy) is 1. The van der Waals surface area contributed by atoms with E-state index in [1.165, 1.54) is 25.9 Å². The van der Waals surface area contributed by atoms with Gasteiger partial charge in [-0.3, -0.25) is 9.69 Å². The zero-order chi connectivity index (χ0) is 10.1. The second-order valence-corrected chi connectivity index (χ2v) is 6.10. The van der Waals surface area contributed by atoms with Gasteiger partial charge in [0.25, 0.3) is 0 Å². The fourth-order valence-electron chi connectivity index (χ4n) is 2.29. The van der Waals surface area contributed by atoms with Gasteiger partial charge in [0.15, 0.2) is 0 Å². The van der Waals surface area contributed by atoms with Crippen molar-refractivity contribution in [2.75, 3.05) is 19.6 Å². The Morgan fingerprint density at radius 1 is 1.50 bits per heavy atom. The third-order valence-electron chi connectivity index (χ3n) is 3.19. The highest BCUT2D eigenvalue weighted by Crippen LogP contribution is 2.29. The van der Waals surface area contributed by atoms with E-state index in [2.05, 4.69) is 27.5 Å². The van der Waals surface area contributed by atoms with Crippen molar-refractivity contribution in [3.8, 4) is 0 Å². The van der Waals surface area contributed by atoms with Gasteiger partial charge in [0.1, 0.15) is 10.0 Å². The molecular formula is C10H16INO2. The molecule has 0 saturated carbocycles. The summed E-state index contributed by atoms with van der Waals surface area (Å²) >= 11 is 2.11. The van der Waals surface area contributed by atoms with Crippen LogP contribution in [0.5, 0.6) is 0 Å². The topological polar surface area (TPSA) is 29.5 Å². The van der Waals surface area contributed by atoms with Gasteiger partial charge in [0.2, 0.25) is 0 Å². The maximum absolute atomic E-state index is 11.4. The van der Waals surface area contributed by atoms with E-state index in [-0.39, 0.29) is 16.0 Å². The molecule has 0 aliphatic carbocycles. The Morgan fingerprint density at radius 3 is 2.57 bits per heavy atom. The molecule has 0 aromatic heterocycles. The fourth-order valence-corrected chi connectivity index (χ4v) is 2.43. The highest BCUT2D eigenvalue weighted by atomic mass is 127. The van der Waals surface area contributed by atoms with Crippen molar-refractivity contribution in [3.05, 3.63) is 0 Å². The SMILES string of the molecule is CC(I)C(=O)OC1CN2CCC1CC2. The molecule has 3 fully saturated rings. The summed E-state index contributed by atoms with van der Waals surface area (Å²) in [5.41, 5.74) is 0. The van der Waals surface area contributed by atoms with Gasteiger partial charge in [-0.2, -0.15) is 0 Å². The van der Waals surface area contributed by atoms with Gasteiger partial charge < -0.3 is 4.74 Å². The Bertz CT molecular complexity index is 224. The fraction of sp³-hybridized carbons (Fsp3) is 0.900. The van der Waals surface area contributed by atoms with E-state index in [4.69, 9.17) is 4.74 Å². The summed E-state index contributed by atoms with van der Waals surface area (Å²) in [6.07, 6.45) is 2.57. The first kappa shape index (κ1) is 10.7. The van der Waals surface area contributed by atoms with E-state index < -0.39 is 0 Å². The number of hydrogen-bond donors (Lipinski definition) is 0. The first-order valence-electron chi connectivity index (χ1n) is 5.23. The van der Waals surface area contributed by atoms with E-state index >= 15 is 0 Å². The molecule has 14 heavy (non-hydrogen) atoms. The van der Waals surface area contributed by atoms with Crippen LogP contribution >= 0.6 is 22.6 Å². The molecule has 0 N–H and O–H groups in total. The summed E-state index contributed by atoms with van der Waals surface area (Å²) in [7, 11) is 0. The predicted octanol–water partition coefficient (Wildman–Crippen LogP) is 1.45. The quantitative estimate of drug-likeness (QED) is 0.439. The summed E-state index contributed by atoms with van der Waals surface area (Å²) in [6, 6.07) is 0. The molecule has 3 rings (SSSR count). The van der Waals surface area contributed by atoms with Gasteiger partial charge in [0.05, 0.1) is 0 Å². The molecule has 4 heteroatoms. The number of hydrogen-bond acceptors (Lipinski definition) is 3. The molecule has 3 nitrogen and oxygen atoms in total. The Hall–Kier alpha value is 0.160. The van der Waals surface area contributed by atoms with Crippen LogP contribution < -0.4 is 0 Å². The minimum absolute atomic E-state index is 0.0250. The Labute approximate surface area is 98.3 Å². The van der Waals surface area contributed by atoms with Crippen LogP contribution in [0.4, 0.5) is 0 Å². The average Bonchev–Trinajstić information content (AvgIpc) is 2.19. The number of fused-ring (bicyclic) bond motifs is 3. The third-order valence-corrected chi connectivity index (χ3v) is 3.70. The van der Waals surface area contributed by atoms with Gasteiger partial charge in [0, 0.05) is 6.54 Å². The number of esters is 1. The summed E-state index contributed by atoms with van der Waals surface area (Å²) in [5.74, 6) is 0.573. The van der Waals surface area contributed by atoms with Crippen molar-refractivity contribution in [2.45, 2.75) is 29.8 Å². The molecule has 3 saturated heterocycles. The monoisotopic (exact) mass is 309 g/mol. The van der Waals surface area contributed by atoms with Crippen molar-refractivity contribution in [3.63, 3.8) is 0 Å². The first-order chi connectivity index (χ1) is 6.66. The number of carbonyl (C=O) groups excluding carboxylic acids is 1. The van der Waals surface area contributed by atoms with Gasteiger partial charge >= 0.3 is 5.97 Å². The molecule has 0 aromatic rings. The summed E-state index contributed by atoms with van der Waals surface area (Å²) in [5, 5.41) is 0. The van der Waals surface area contributed by atoms with E-state index in [0.29, 0.717) is 5.92 Å². The predicted molar refractivity (Wildman–Crippen MR) is 62.5 cm³/mol. The van der Waals surface area contributed by atoms with Crippen molar-refractivity contribution in [2.24, 2.45) is 5.92 Å². The zero-order valence-corrected chi connectivity index (χ0v) is 10.6. The second-order valence-electron chi connectivity index (χ2n) is 4.23. The minimum Gasteiger partial charge on any atom is -0.460 e. The third kappa shape index (κ3) is 2.21. The van der Waals surface area contributed by atoms with Gasteiger partial charge in [-0.1, -0.05) is 22.6 Å². The maximum Gasteiger partial charge on any atom is 0.318 e. The minimum atomic E-state index is -0.0515. The molecule has 2 atom stereocenters. The zero-order valence-electron chi connectivity index (χ0n) is 8.41. The molecule has 3 aliphatic heterocycles. The van der Waals surface area contributed by atoms with E-state index in [1.807, 2.05) is 6.92 Å². The Morgan fingerprint density at radius 2 is 2.14 bits per heavy atom. The van der Waals surface area contributed by atoms with Crippen LogP contribution in [0.2, 0.25) is 0 Å². The summed E-state index contributed by atoms with van der Waals surface area (Å²) in [4.78, 5) is 13.8. The number of carbonyl (C=O) groups is 1. The highest BCUT2D eigenvalue weighted by Gasteiger charge is 2.36. The smallest absolute Gasteiger partial charge is 0.318 e. The number of nitrogens with zero attached hydrogens (tertiary/aromatic N) is 1. The molecule has 3 heterocycles. The van der Waals surface area contributed by atoms with Crippen LogP contribution in [0.1, 0.15) is 19.8 Å². The normalized spacial score (nSPS) is 38.0. The number of piperidine rings is 3. The lowest BCUT2D eigenvalue weighted by atomic mass is 9.86. The van der Waals surface area contributed by atoms with Crippen molar-refractivity contribution in [1.82, 2.24) is 4.90 Å². The van der Waals surface area contributed by atoms with Crippen LogP contribution in [-0.2, 0) is 9.53 Å². The molecule has 0 spiro atoms. The molecule has 2 bridgehead atoms. The largest absolute Gasteiger partial charge is 0.460 e. The standard InChI is InChI=1S/C10H16INO2/c1-7(11)10(13)14-9-6-12-4-2-8(9)3-5-12/h7-9H,2-6H2,1H3. The van der Waals surface area contributed by atoms with Crippen molar-refractivity contribution in [1.29, 1.82) is 0 Å². The van der Waals surface area contributed by atoms with Gasteiger partial charge in [-0.25, -0.2) is 0 Å². The molecule has 2 unspecified atom stereocenters. The highest BCUT2D eigenvalue weighted by molar-refractivity contribution is 14.1. The van der Waals surface area contributed by atoms with Gasteiger partial charge in [-0.15, -0.1) is 0 Å². The molecule has 80 valence electrons. The number of rotatable bonds is 2. The lowest BCUT2D eigenvalue weighted by Gasteiger charge is -2.44. The van der Waals surface area contributed by atoms with Crippen molar-refractivity contribution < 1.29 is 9.53 Å². The van der Waals surface area contributed by atoms with E-state index in [1.54, 1.807) is 0 Å². The molecule has 3 aliphatic rings. The van der Waals surface area contributed by atoms with Crippen LogP contribution in [0.3, 0.4) is 0 Å². The van der Waals surface area contributed by atoms with Crippen molar-refractivity contribution >= 4 is 28.6 Å². The summed E-state index contributed by atoms with van der Waals surface area (Å²) in [6.45, 7) is 5.22. The average molecular weight is 309 g/mol. The second kappa shape index (κ2) is 4.35. The van der Waals surface area contributed by atoms with Gasteiger partial charge in [-0.05, 0) is 38.8 Å². The van der Waals surface area contributed by atoms with Crippen LogP contribution in [-0.4, -0.2) is 40.5 Å². The van der Waals surface area contributed by atoms with Crippen LogP contribution in [0, 0.1) is 5.92 Å². The number of alkyl halides is 1. The lowest BCUT2D eigenvalue weighted by Crippen LogP contribution is -2.52. The molecule has 0 amide bonds. The molecule has 0 radical (unpaired) electrons. The molecule has 0 aromatic carbocycles. The lowest BCUT2D eigenvalue weighted by molar-refractivity contribution is -0.157. The van der Waals surface area contributed by atoms with E-state index in [9.17, 15) is 4.79 Å². The summed E-state index contributed by atoms with van der Waals surface area (Å²) < 4.78 is 5.47. The maximum atomic E-state index is 11.4. The van der Waals surface area contributed by atoms with E-state index in [0.717, 1.165) is 6.54 Å². The number of halogens is 1.